The molecule has 0 fully saturated rings. The summed E-state index contributed by atoms with van der Waals surface area (Å²) >= 11 is 9.32. The van der Waals surface area contributed by atoms with E-state index in [1.807, 2.05) is 54.6 Å². The molecule has 0 saturated carbocycles. The first kappa shape index (κ1) is 19.0. The number of nitrogens with zero attached hydrogens (tertiary/aromatic N) is 2. The van der Waals surface area contributed by atoms with Crippen LogP contribution in [0.1, 0.15) is 17.0 Å². The normalized spacial score (nSPS) is 15.5. The Labute approximate surface area is 186 Å². The van der Waals surface area contributed by atoms with Crippen LogP contribution in [0.5, 0.6) is 5.75 Å². The number of para-hydroxylation sites is 1. The highest BCUT2D eigenvalue weighted by Gasteiger charge is 2.31. The largest absolute Gasteiger partial charge is 0.440 e. The highest BCUT2D eigenvalue weighted by molar-refractivity contribution is 8.01. The minimum Gasteiger partial charge on any atom is -0.440 e. The number of rotatable bonds is 3. The Morgan fingerprint density at radius 1 is 1.10 bits per heavy atom. The number of thiazole rings is 1. The maximum Gasteiger partial charge on any atom is 0.205 e. The highest BCUT2D eigenvalue weighted by Crippen LogP contribution is 2.45. The summed E-state index contributed by atoms with van der Waals surface area (Å²) in [6.07, 6.45) is 0. The summed E-state index contributed by atoms with van der Waals surface area (Å²) in [5.74, 6) is 0.476. The van der Waals surface area contributed by atoms with Crippen LogP contribution in [0, 0.1) is 11.3 Å². The van der Waals surface area contributed by atoms with Gasteiger partial charge in [-0.25, -0.2) is 4.98 Å². The van der Waals surface area contributed by atoms with Crippen molar-refractivity contribution in [2.24, 2.45) is 5.73 Å². The molecular weight excluding hydrogens is 434 g/mol. The van der Waals surface area contributed by atoms with Crippen LogP contribution in [0.15, 0.2) is 87.4 Å². The maximum absolute atomic E-state index is 9.75. The Hall–Kier alpha value is -2.98. The first-order chi connectivity index (χ1) is 14.6. The molecule has 7 heteroatoms. The number of benzene rings is 3. The van der Waals surface area contributed by atoms with Gasteiger partial charge in [0.2, 0.25) is 5.88 Å². The van der Waals surface area contributed by atoms with E-state index in [-0.39, 0.29) is 11.8 Å². The Balaban J connectivity index is 1.57. The standard InChI is InChI=1S/C23H14ClN3OS2/c24-14-7-5-13(6-8-14)21-16-11-15(9-10-19(16)28-22(26)17(21)12-25)29-23-27-18-3-1-2-4-20(18)30-23/h1-11,21H,26H2. The molecular formula is C23H14ClN3OS2. The molecule has 1 aliphatic heterocycles. The number of fused-ring (bicyclic) bond motifs is 2. The van der Waals surface area contributed by atoms with E-state index in [2.05, 4.69) is 18.2 Å². The van der Waals surface area contributed by atoms with Crippen LogP contribution in [-0.2, 0) is 0 Å². The molecule has 146 valence electrons. The molecule has 1 aliphatic rings. The van der Waals surface area contributed by atoms with Crippen molar-refractivity contribution in [2.75, 3.05) is 0 Å². The number of allylic oxidation sites excluding steroid dienone is 1. The Kier molecular flexibility index (Phi) is 4.87. The van der Waals surface area contributed by atoms with Crippen molar-refractivity contribution in [3.63, 3.8) is 0 Å². The molecule has 5 rings (SSSR count). The fourth-order valence-electron chi connectivity index (χ4n) is 3.50. The van der Waals surface area contributed by atoms with Crippen molar-refractivity contribution in [1.29, 1.82) is 5.26 Å². The van der Waals surface area contributed by atoms with Crippen LogP contribution in [0.25, 0.3) is 10.2 Å². The van der Waals surface area contributed by atoms with Crippen LogP contribution in [0.4, 0.5) is 0 Å². The van der Waals surface area contributed by atoms with Gasteiger partial charge in [-0.3, -0.25) is 0 Å². The molecule has 4 nitrogen and oxygen atoms in total. The predicted molar refractivity (Wildman–Crippen MR) is 121 cm³/mol. The van der Waals surface area contributed by atoms with Gasteiger partial charge >= 0.3 is 0 Å². The van der Waals surface area contributed by atoms with E-state index in [1.165, 1.54) is 0 Å². The summed E-state index contributed by atoms with van der Waals surface area (Å²) in [6.45, 7) is 0. The molecule has 3 aromatic carbocycles. The van der Waals surface area contributed by atoms with Crippen molar-refractivity contribution in [3.8, 4) is 11.8 Å². The van der Waals surface area contributed by atoms with Crippen molar-refractivity contribution in [1.82, 2.24) is 4.98 Å². The van der Waals surface area contributed by atoms with Gasteiger partial charge in [0.15, 0.2) is 4.34 Å². The molecule has 1 aromatic heterocycles. The smallest absolute Gasteiger partial charge is 0.205 e. The molecule has 1 atom stereocenters. The fraction of sp³-hybridized carbons (Fsp3) is 0.0435. The fourth-order valence-corrected chi connectivity index (χ4v) is 5.71. The predicted octanol–water partition coefficient (Wildman–Crippen LogP) is 6.32. The zero-order chi connectivity index (χ0) is 20.7. The van der Waals surface area contributed by atoms with E-state index >= 15 is 0 Å². The van der Waals surface area contributed by atoms with E-state index in [0.29, 0.717) is 16.3 Å². The monoisotopic (exact) mass is 447 g/mol. The average molecular weight is 448 g/mol. The number of aromatic nitrogens is 1. The lowest BCUT2D eigenvalue weighted by Crippen LogP contribution is -2.21. The average Bonchev–Trinajstić information content (AvgIpc) is 3.16. The minimum atomic E-state index is -0.313. The van der Waals surface area contributed by atoms with Crippen LogP contribution >= 0.6 is 34.7 Å². The van der Waals surface area contributed by atoms with E-state index < -0.39 is 0 Å². The second-order valence-corrected chi connectivity index (χ2v) is 9.51. The molecule has 0 aliphatic carbocycles. The van der Waals surface area contributed by atoms with Gasteiger partial charge in [0.25, 0.3) is 0 Å². The molecule has 0 saturated heterocycles. The summed E-state index contributed by atoms with van der Waals surface area (Å²) in [6, 6.07) is 23.7. The molecule has 4 aromatic rings. The van der Waals surface area contributed by atoms with Gasteiger partial charge in [0.05, 0.1) is 16.1 Å². The van der Waals surface area contributed by atoms with Crippen molar-refractivity contribution in [3.05, 3.63) is 94.3 Å². The summed E-state index contributed by atoms with van der Waals surface area (Å²) in [7, 11) is 0. The topological polar surface area (TPSA) is 71.9 Å². The first-order valence-corrected chi connectivity index (χ1v) is 11.1. The lowest BCUT2D eigenvalue weighted by atomic mass is 9.83. The lowest BCUT2D eigenvalue weighted by Gasteiger charge is -2.26. The zero-order valence-corrected chi connectivity index (χ0v) is 17.9. The molecule has 0 amide bonds. The Morgan fingerprint density at radius 3 is 2.67 bits per heavy atom. The van der Waals surface area contributed by atoms with Crippen molar-refractivity contribution >= 4 is 44.9 Å². The van der Waals surface area contributed by atoms with Gasteiger partial charge in [-0.1, -0.05) is 47.6 Å². The maximum atomic E-state index is 9.75. The lowest BCUT2D eigenvalue weighted by molar-refractivity contribution is 0.393. The molecule has 2 N–H and O–H groups in total. The molecule has 2 heterocycles. The van der Waals surface area contributed by atoms with Gasteiger partial charge in [-0.05, 0) is 48.0 Å². The molecule has 0 spiro atoms. The number of hydrogen-bond donors (Lipinski definition) is 1. The highest BCUT2D eigenvalue weighted by atomic mass is 35.5. The summed E-state index contributed by atoms with van der Waals surface area (Å²) in [5, 5.41) is 10.4. The van der Waals surface area contributed by atoms with Gasteiger partial charge < -0.3 is 10.5 Å². The molecule has 1 unspecified atom stereocenters. The van der Waals surface area contributed by atoms with Crippen LogP contribution in [-0.4, -0.2) is 4.98 Å². The third kappa shape index (κ3) is 3.41. The second kappa shape index (κ2) is 7.69. The quantitative estimate of drug-likeness (QED) is 0.398. The van der Waals surface area contributed by atoms with Crippen LogP contribution in [0.2, 0.25) is 5.02 Å². The zero-order valence-electron chi connectivity index (χ0n) is 15.5. The van der Waals surface area contributed by atoms with Gasteiger partial charge in [0.1, 0.15) is 17.4 Å². The third-order valence-corrected chi connectivity index (χ3v) is 7.21. The van der Waals surface area contributed by atoms with Gasteiger partial charge in [0, 0.05) is 15.5 Å². The third-order valence-electron chi connectivity index (χ3n) is 4.87. The Morgan fingerprint density at radius 2 is 1.90 bits per heavy atom. The number of nitrogens with two attached hydrogens (primary N) is 1. The minimum absolute atomic E-state index is 0.136. The SMILES string of the molecule is N#CC1=C(N)Oc2ccc(Sc3nc4ccccc4s3)cc2C1c1ccc(Cl)cc1. The van der Waals surface area contributed by atoms with Crippen molar-refractivity contribution < 1.29 is 4.74 Å². The number of hydrogen-bond acceptors (Lipinski definition) is 6. The summed E-state index contributed by atoms with van der Waals surface area (Å²) < 4.78 is 7.87. The van der Waals surface area contributed by atoms with Crippen LogP contribution < -0.4 is 10.5 Å². The van der Waals surface area contributed by atoms with E-state index in [9.17, 15) is 5.26 Å². The summed E-state index contributed by atoms with van der Waals surface area (Å²) in [5.41, 5.74) is 9.28. The van der Waals surface area contributed by atoms with E-state index in [1.54, 1.807) is 23.1 Å². The van der Waals surface area contributed by atoms with E-state index in [4.69, 9.17) is 27.1 Å². The van der Waals surface area contributed by atoms with Crippen LogP contribution in [0.3, 0.4) is 0 Å². The van der Waals surface area contributed by atoms with Crippen molar-refractivity contribution in [2.45, 2.75) is 15.2 Å². The van der Waals surface area contributed by atoms with Gasteiger partial charge in [-0.15, -0.1) is 11.3 Å². The molecule has 30 heavy (non-hydrogen) atoms. The first-order valence-electron chi connectivity index (χ1n) is 9.13. The summed E-state index contributed by atoms with van der Waals surface area (Å²) in [4.78, 5) is 5.73. The number of ether oxygens (including phenoxy) is 1. The Bertz CT molecular complexity index is 1310. The second-order valence-electron chi connectivity index (χ2n) is 6.73. The van der Waals surface area contributed by atoms with E-state index in [0.717, 1.165) is 30.6 Å². The molecule has 0 bridgehead atoms. The van der Waals surface area contributed by atoms with Gasteiger partial charge in [-0.2, -0.15) is 5.26 Å². The molecule has 0 radical (unpaired) electrons. The number of halogens is 1. The number of nitriles is 1.